The molecule has 1 aromatic carbocycles. The molecule has 1 aliphatic heterocycles. The third-order valence-corrected chi connectivity index (χ3v) is 4.74. The van der Waals surface area contributed by atoms with Gasteiger partial charge in [-0.25, -0.2) is 4.79 Å². The van der Waals surface area contributed by atoms with Crippen molar-refractivity contribution in [2.45, 2.75) is 26.1 Å². The number of hydrogen-bond donors (Lipinski definition) is 2. The largest absolute Gasteiger partial charge is 0.358 e. The number of benzene rings is 1. The van der Waals surface area contributed by atoms with E-state index in [0.717, 1.165) is 17.5 Å². The van der Waals surface area contributed by atoms with Gasteiger partial charge in [0.15, 0.2) is 0 Å². The van der Waals surface area contributed by atoms with Gasteiger partial charge in [-0.1, -0.05) is 36.4 Å². The molecule has 0 unspecified atom stereocenters. The van der Waals surface area contributed by atoms with Gasteiger partial charge in [0.25, 0.3) is 5.56 Å². The molecule has 138 valence electrons. The Morgan fingerprint density at radius 3 is 2.63 bits per heavy atom. The van der Waals surface area contributed by atoms with Gasteiger partial charge in [0.1, 0.15) is 5.82 Å². The van der Waals surface area contributed by atoms with Crippen molar-refractivity contribution in [2.24, 2.45) is 0 Å². The molecular formula is C20H21N5O2. The Bertz CT molecular complexity index is 1030. The SMILES string of the molecule is O=c1[nH]c(=O)n(CCc2ccccc2)c2c1CN(Cc1cccnc1)CN2. The fourth-order valence-electron chi connectivity index (χ4n) is 3.39. The number of rotatable bonds is 5. The van der Waals surface area contributed by atoms with Crippen molar-refractivity contribution in [3.8, 4) is 0 Å². The topological polar surface area (TPSA) is 83.0 Å². The molecule has 1 aliphatic rings. The molecule has 27 heavy (non-hydrogen) atoms. The smallest absolute Gasteiger partial charge is 0.329 e. The maximum absolute atomic E-state index is 12.4. The Morgan fingerprint density at radius 2 is 1.85 bits per heavy atom. The number of nitrogens with one attached hydrogen (secondary N) is 2. The fourth-order valence-corrected chi connectivity index (χ4v) is 3.39. The molecule has 3 aromatic rings. The normalized spacial score (nSPS) is 13.8. The van der Waals surface area contributed by atoms with Crippen LogP contribution in [0.3, 0.4) is 0 Å². The van der Waals surface area contributed by atoms with E-state index in [2.05, 4.69) is 20.2 Å². The van der Waals surface area contributed by atoms with Crippen molar-refractivity contribution < 1.29 is 0 Å². The monoisotopic (exact) mass is 363 g/mol. The molecule has 7 nitrogen and oxygen atoms in total. The van der Waals surface area contributed by atoms with Crippen molar-refractivity contribution in [3.63, 3.8) is 0 Å². The van der Waals surface area contributed by atoms with Crippen molar-refractivity contribution in [2.75, 3.05) is 12.0 Å². The summed E-state index contributed by atoms with van der Waals surface area (Å²) in [7, 11) is 0. The summed E-state index contributed by atoms with van der Waals surface area (Å²) in [5, 5.41) is 3.27. The van der Waals surface area contributed by atoms with Gasteiger partial charge in [-0.3, -0.25) is 24.2 Å². The first-order chi connectivity index (χ1) is 13.2. The van der Waals surface area contributed by atoms with E-state index in [9.17, 15) is 9.59 Å². The van der Waals surface area contributed by atoms with Crippen LogP contribution in [0.2, 0.25) is 0 Å². The van der Waals surface area contributed by atoms with Gasteiger partial charge in [0, 0.05) is 32.0 Å². The zero-order valence-corrected chi connectivity index (χ0v) is 14.9. The Kier molecular flexibility index (Phi) is 4.84. The zero-order chi connectivity index (χ0) is 18.6. The van der Waals surface area contributed by atoms with E-state index < -0.39 is 0 Å². The van der Waals surface area contributed by atoms with Crippen LogP contribution in [0.4, 0.5) is 5.82 Å². The standard InChI is InChI=1S/C20H21N5O2/c26-19-17-13-24(12-16-7-4-9-21-11-16)14-22-18(17)25(20(27)23-19)10-8-15-5-2-1-3-6-15/h1-7,9,11,22H,8,10,12-14H2,(H,23,26,27). The summed E-state index contributed by atoms with van der Waals surface area (Å²) >= 11 is 0. The molecule has 0 bridgehead atoms. The van der Waals surface area contributed by atoms with Crippen LogP contribution in [0.25, 0.3) is 0 Å². The number of hydrogen-bond acceptors (Lipinski definition) is 5. The van der Waals surface area contributed by atoms with Crippen molar-refractivity contribution >= 4 is 5.82 Å². The zero-order valence-electron chi connectivity index (χ0n) is 14.9. The molecule has 0 spiro atoms. The van der Waals surface area contributed by atoms with Gasteiger partial charge < -0.3 is 5.32 Å². The minimum atomic E-state index is -0.372. The average Bonchev–Trinajstić information content (AvgIpc) is 2.70. The first-order valence-corrected chi connectivity index (χ1v) is 8.96. The van der Waals surface area contributed by atoms with Gasteiger partial charge in [-0.2, -0.15) is 0 Å². The fraction of sp³-hybridized carbons (Fsp3) is 0.250. The highest BCUT2D eigenvalue weighted by atomic mass is 16.2. The quantitative estimate of drug-likeness (QED) is 0.719. The molecule has 0 saturated carbocycles. The molecule has 3 heterocycles. The first kappa shape index (κ1) is 17.2. The number of aromatic amines is 1. The molecule has 0 amide bonds. The van der Waals surface area contributed by atoms with Gasteiger partial charge >= 0.3 is 5.69 Å². The van der Waals surface area contributed by atoms with E-state index in [1.165, 1.54) is 0 Å². The summed E-state index contributed by atoms with van der Waals surface area (Å²) in [6.45, 7) is 2.24. The summed E-state index contributed by atoms with van der Waals surface area (Å²) in [4.78, 5) is 33.4. The Balaban J connectivity index is 1.56. The lowest BCUT2D eigenvalue weighted by Gasteiger charge is -2.30. The molecule has 0 aliphatic carbocycles. The lowest BCUT2D eigenvalue weighted by atomic mass is 10.1. The number of nitrogens with zero attached hydrogens (tertiary/aromatic N) is 3. The second-order valence-corrected chi connectivity index (χ2v) is 6.66. The van der Waals surface area contributed by atoms with Gasteiger partial charge in [-0.05, 0) is 23.6 Å². The summed E-state index contributed by atoms with van der Waals surface area (Å²) in [6.07, 6.45) is 4.28. The van der Waals surface area contributed by atoms with E-state index >= 15 is 0 Å². The first-order valence-electron chi connectivity index (χ1n) is 8.96. The summed E-state index contributed by atoms with van der Waals surface area (Å²) < 4.78 is 1.63. The average molecular weight is 363 g/mol. The van der Waals surface area contributed by atoms with E-state index in [1.54, 1.807) is 10.8 Å². The Hall–Kier alpha value is -3.19. The lowest BCUT2D eigenvalue weighted by Crippen LogP contribution is -2.43. The van der Waals surface area contributed by atoms with Crippen LogP contribution in [0.5, 0.6) is 0 Å². The molecule has 2 N–H and O–H groups in total. The number of aryl methyl sites for hydroxylation is 1. The molecule has 0 atom stereocenters. The number of aromatic nitrogens is 3. The Labute approximate surface area is 156 Å². The third kappa shape index (κ3) is 3.83. The number of H-pyrrole nitrogens is 1. The van der Waals surface area contributed by atoms with Gasteiger partial charge in [-0.15, -0.1) is 0 Å². The van der Waals surface area contributed by atoms with Crippen molar-refractivity contribution in [3.05, 3.63) is 92.4 Å². The van der Waals surface area contributed by atoms with Crippen LogP contribution in [-0.2, 0) is 26.1 Å². The molecule has 2 aromatic heterocycles. The van der Waals surface area contributed by atoms with Gasteiger partial charge in [0.2, 0.25) is 0 Å². The minimum Gasteiger partial charge on any atom is -0.358 e. The van der Waals surface area contributed by atoms with E-state index in [4.69, 9.17) is 0 Å². The predicted octanol–water partition coefficient (Wildman–Crippen LogP) is 1.56. The van der Waals surface area contributed by atoms with Crippen molar-refractivity contribution in [1.29, 1.82) is 0 Å². The number of pyridine rings is 1. The van der Waals surface area contributed by atoms with Crippen LogP contribution < -0.4 is 16.6 Å². The molecule has 0 saturated heterocycles. The highest BCUT2D eigenvalue weighted by Crippen LogP contribution is 2.19. The van der Waals surface area contributed by atoms with Crippen LogP contribution in [0.15, 0.2) is 64.4 Å². The summed E-state index contributed by atoms with van der Waals surface area (Å²) in [6, 6.07) is 13.9. The Morgan fingerprint density at radius 1 is 1.04 bits per heavy atom. The van der Waals surface area contributed by atoms with Crippen LogP contribution in [-0.4, -0.2) is 26.1 Å². The second-order valence-electron chi connectivity index (χ2n) is 6.66. The highest BCUT2D eigenvalue weighted by molar-refractivity contribution is 5.45. The van der Waals surface area contributed by atoms with Gasteiger partial charge in [0.05, 0.1) is 12.2 Å². The second kappa shape index (κ2) is 7.59. The summed E-state index contributed by atoms with van der Waals surface area (Å²) in [5.41, 5.74) is 2.13. The molecule has 4 rings (SSSR count). The molecule has 7 heteroatoms. The number of fused-ring (bicyclic) bond motifs is 1. The maximum atomic E-state index is 12.4. The number of anilines is 1. The predicted molar refractivity (Wildman–Crippen MR) is 103 cm³/mol. The lowest BCUT2D eigenvalue weighted by molar-refractivity contribution is 0.262. The molecule has 0 fully saturated rings. The summed E-state index contributed by atoms with van der Waals surface area (Å²) in [5.74, 6) is 0.627. The maximum Gasteiger partial charge on any atom is 0.329 e. The van der Waals surface area contributed by atoms with E-state index in [-0.39, 0.29) is 11.2 Å². The minimum absolute atomic E-state index is 0.325. The van der Waals surface area contributed by atoms with Crippen molar-refractivity contribution in [1.82, 2.24) is 19.4 Å². The van der Waals surface area contributed by atoms with Crippen LogP contribution in [0.1, 0.15) is 16.7 Å². The third-order valence-electron chi connectivity index (χ3n) is 4.74. The molecule has 0 radical (unpaired) electrons. The highest BCUT2D eigenvalue weighted by Gasteiger charge is 2.22. The van der Waals surface area contributed by atoms with E-state index in [0.29, 0.717) is 37.7 Å². The van der Waals surface area contributed by atoms with Crippen LogP contribution in [0, 0.1) is 0 Å². The van der Waals surface area contributed by atoms with Crippen LogP contribution >= 0.6 is 0 Å². The van der Waals surface area contributed by atoms with E-state index in [1.807, 2.05) is 48.7 Å². The molecular weight excluding hydrogens is 342 g/mol.